The van der Waals surface area contributed by atoms with E-state index < -0.39 is 0 Å². The zero-order chi connectivity index (χ0) is 23.9. The number of nitrogens with zero attached hydrogens (tertiary/aromatic N) is 2. The normalized spacial score (nSPS) is 18.9. The van der Waals surface area contributed by atoms with Crippen molar-refractivity contribution in [2.75, 3.05) is 44.3 Å². The Kier molecular flexibility index (Phi) is 8.46. The Morgan fingerprint density at radius 2 is 1.85 bits per heavy atom. The smallest absolute Gasteiger partial charge is 0.241 e. The van der Waals surface area contributed by atoms with Gasteiger partial charge in [0, 0.05) is 32.2 Å². The molecule has 0 fully saturated rings. The number of benzene rings is 2. The fourth-order valence-corrected chi connectivity index (χ4v) is 4.93. The number of rotatable bonds is 8. The van der Waals surface area contributed by atoms with Gasteiger partial charge in [0.15, 0.2) is 0 Å². The van der Waals surface area contributed by atoms with Crippen molar-refractivity contribution in [3.8, 4) is 0 Å². The second kappa shape index (κ2) is 11.7. The van der Waals surface area contributed by atoms with Crippen molar-refractivity contribution in [3.63, 3.8) is 0 Å². The Bertz CT molecular complexity index is 1010. The van der Waals surface area contributed by atoms with Gasteiger partial charge in [-0.3, -0.25) is 9.69 Å². The number of amides is 1. The van der Waals surface area contributed by atoms with E-state index in [1.807, 2.05) is 0 Å². The van der Waals surface area contributed by atoms with Gasteiger partial charge in [-0.05, 0) is 67.5 Å². The van der Waals surface area contributed by atoms with Gasteiger partial charge in [0.1, 0.15) is 11.6 Å². The van der Waals surface area contributed by atoms with Gasteiger partial charge in [-0.2, -0.15) is 0 Å². The van der Waals surface area contributed by atoms with Crippen LogP contribution in [-0.2, 0) is 9.53 Å². The molecule has 0 spiro atoms. The summed E-state index contributed by atoms with van der Waals surface area (Å²) < 4.78 is 33.3. The average Bonchev–Trinajstić information content (AvgIpc) is 3.03. The molecule has 1 atom stereocenters. The molecule has 2 aliphatic rings. The molecule has 0 aromatic heterocycles. The molecule has 2 aliphatic heterocycles. The van der Waals surface area contributed by atoms with Crippen molar-refractivity contribution >= 4 is 11.6 Å². The van der Waals surface area contributed by atoms with E-state index in [4.69, 9.17) is 4.74 Å². The van der Waals surface area contributed by atoms with Crippen LogP contribution in [0.15, 0.2) is 54.1 Å². The van der Waals surface area contributed by atoms with E-state index in [0.29, 0.717) is 18.8 Å². The summed E-state index contributed by atoms with van der Waals surface area (Å²) >= 11 is 0. The maximum Gasteiger partial charge on any atom is 0.241 e. The minimum Gasteiger partial charge on any atom is -0.381 e. The molecule has 0 radical (unpaired) electrons. The number of fused-ring (bicyclic) bond motifs is 1. The number of halogens is 2. The van der Waals surface area contributed by atoms with E-state index in [1.54, 1.807) is 23.1 Å². The zero-order valence-electron chi connectivity index (χ0n) is 19.9. The SMILES string of the molecule is CCCOCCC1=CCN(CC(=O)N2CCCC(c3ccc(F)cc3)c3ccc(F)cc32)CC1. The molecule has 0 aliphatic carbocycles. The molecule has 0 N–H and O–H groups in total. The maximum atomic E-state index is 14.3. The van der Waals surface area contributed by atoms with Gasteiger partial charge >= 0.3 is 0 Å². The lowest BCUT2D eigenvalue weighted by atomic mass is 9.87. The van der Waals surface area contributed by atoms with Crippen molar-refractivity contribution in [1.29, 1.82) is 0 Å². The van der Waals surface area contributed by atoms with Crippen molar-refractivity contribution < 1.29 is 18.3 Å². The largest absolute Gasteiger partial charge is 0.381 e. The summed E-state index contributed by atoms with van der Waals surface area (Å²) in [5, 5.41) is 0. The van der Waals surface area contributed by atoms with E-state index in [0.717, 1.165) is 69.5 Å². The quantitative estimate of drug-likeness (QED) is 0.370. The molecule has 6 heteroatoms. The van der Waals surface area contributed by atoms with Crippen LogP contribution >= 0.6 is 0 Å². The van der Waals surface area contributed by atoms with E-state index in [2.05, 4.69) is 17.9 Å². The van der Waals surface area contributed by atoms with Crippen LogP contribution < -0.4 is 4.90 Å². The highest BCUT2D eigenvalue weighted by molar-refractivity contribution is 5.96. The van der Waals surface area contributed by atoms with Crippen LogP contribution in [0, 0.1) is 11.6 Å². The van der Waals surface area contributed by atoms with Crippen molar-refractivity contribution in [2.45, 2.75) is 44.9 Å². The highest BCUT2D eigenvalue weighted by Gasteiger charge is 2.29. The van der Waals surface area contributed by atoms with Crippen LogP contribution in [0.3, 0.4) is 0 Å². The number of ether oxygens (including phenoxy) is 1. The highest BCUT2D eigenvalue weighted by Crippen LogP contribution is 2.39. The summed E-state index contributed by atoms with van der Waals surface area (Å²) in [6.07, 6.45) is 6.76. The van der Waals surface area contributed by atoms with Gasteiger partial charge < -0.3 is 9.64 Å². The standard InChI is InChI=1S/C28H34F2N2O2/c1-2-17-34-18-13-21-11-15-31(16-12-21)20-28(33)32-14-3-4-25(22-5-7-23(29)8-6-22)26-10-9-24(30)19-27(26)32/h5-11,19,25H,2-4,12-18,20H2,1H3. The summed E-state index contributed by atoms with van der Waals surface area (Å²) in [4.78, 5) is 17.3. The number of hydrogen-bond acceptors (Lipinski definition) is 3. The molecule has 4 nitrogen and oxygen atoms in total. The molecule has 0 saturated heterocycles. The molecule has 2 aromatic rings. The third kappa shape index (κ3) is 6.10. The topological polar surface area (TPSA) is 32.8 Å². The Labute approximate surface area is 201 Å². The predicted octanol–water partition coefficient (Wildman–Crippen LogP) is 5.67. The molecule has 1 unspecified atom stereocenters. The van der Waals surface area contributed by atoms with E-state index in [1.165, 1.54) is 29.8 Å². The Balaban J connectivity index is 1.45. The van der Waals surface area contributed by atoms with Crippen molar-refractivity contribution in [1.82, 2.24) is 4.90 Å². The lowest BCUT2D eigenvalue weighted by Gasteiger charge is -2.30. The first-order valence-electron chi connectivity index (χ1n) is 12.4. The molecule has 2 heterocycles. The van der Waals surface area contributed by atoms with Crippen molar-refractivity contribution in [2.24, 2.45) is 0 Å². The number of carbonyl (C=O) groups is 1. The van der Waals surface area contributed by atoms with Gasteiger partial charge in [-0.1, -0.05) is 36.8 Å². The second-order valence-electron chi connectivity index (χ2n) is 9.20. The lowest BCUT2D eigenvalue weighted by molar-refractivity contribution is -0.119. The highest BCUT2D eigenvalue weighted by atomic mass is 19.1. The van der Waals surface area contributed by atoms with Gasteiger partial charge in [-0.15, -0.1) is 0 Å². The Hall–Kier alpha value is -2.57. The molecule has 0 saturated carbocycles. The first-order chi connectivity index (χ1) is 16.5. The molecule has 182 valence electrons. The van der Waals surface area contributed by atoms with E-state index in [9.17, 15) is 13.6 Å². The van der Waals surface area contributed by atoms with Gasteiger partial charge in [0.25, 0.3) is 0 Å². The fraction of sp³-hybridized carbons (Fsp3) is 0.464. The third-order valence-electron chi connectivity index (χ3n) is 6.77. The van der Waals surface area contributed by atoms with Crippen LogP contribution in [0.1, 0.15) is 56.1 Å². The number of hydrogen-bond donors (Lipinski definition) is 0. The van der Waals surface area contributed by atoms with Crippen LogP contribution in [0.25, 0.3) is 0 Å². The third-order valence-corrected chi connectivity index (χ3v) is 6.77. The molecule has 4 rings (SSSR count). The second-order valence-corrected chi connectivity index (χ2v) is 9.20. The summed E-state index contributed by atoms with van der Waals surface area (Å²) in [6.45, 7) is 6.11. The number of carbonyl (C=O) groups excluding carboxylic acids is 1. The summed E-state index contributed by atoms with van der Waals surface area (Å²) in [5.41, 5.74) is 3.94. The first kappa shape index (κ1) is 24.6. The van der Waals surface area contributed by atoms with Crippen LogP contribution in [0.5, 0.6) is 0 Å². The number of anilines is 1. The maximum absolute atomic E-state index is 14.3. The monoisotopic (exact) mass is 468 g/mol. The zero-order valence-corrected chi connectivity index (χ0v) is 19.9. The molecular formula is C28H34F2N2O2. The van der Waals surface area contributed by atoms with Gasteiger partial charge in [-0.25, -0.2) is 8.78 Å². The Morgan fingerprint density at radius 3 is 2.59 bits per heavy atom. The van der Waals surface area contributed by atoms with Crippen LogP contribution in [0.4, 0.5) is 14.5 Å². The molecule has 0 bridgehead atoms. The minimum absolute atomic E-state index is 0.00408. The fourth-order valence-electron chi connectivity index (χ4n) is 4.93. The van der Waals surface area contributed by atoms with Gasteiger partial charge in [0.2, 0.25) is 5.91 Å². The van der Waals surface area contributed by atoms with Crippen LogP contribution in [0.2, 0.25) is 0 Å². The van der Waals surface area contributed by atoms with E-state index >= 15 is 0 Å². The predicted molar refractivity (Wildman–Crippen MR) is 131 cm³/mol. The molecular weight excluding hydrogens is 434 g/mol. The van der Waals surface area contributed by atoms with Crippen molar-refractivity contribution in [3.05, 3.63) is 76.9 Å². The Morgan fingerprint density at radius 1 is 1.06 bits per heavy atom. The molecule has 1 amide bonds. The molecule has 2 aromatic carbocycles. The lowest BCUT2D eigenvalue weighted by Crippen LogP contribution is -2.42. The average molecular weight is 469 g/mol. The minimum atomic E-state index is -0.354. The summed E-state index contributed by atoms with van der Waals surface area (Å²) in [7, 11) is 0. The first-order valence-corrected chi connectivity index (χ1v) is 12.4. The van der Waals surface area contributed by atoms with E-state index in [-0.39, 0.29) is 23.5 Å². The summed E-state index contributed by atoms with van der Waals surface area (Å²) in [6, 6.07) is 11.2. The van der Waals surface area contributed by atoms with Crippen LogP contribution in [-0.4, -0.2) is 50.2 Å². The van der Waals surface area contributed by atoms with Gasteiger partial charge in [0.05, 0.1) is 18.8 Å². The molecule has 34 heavy (non-hydrogen) atoms. The summed E-state index contributed by atoms with van der Waals surface area (Å²) in [5.74, 6) is -0.632.